The molecule has 1 fully saturated rings. The Balaban J connectivity index is 1.27. The highest BCUT2D eigenvalue weighted by molar-refractivity contribution is 6.30. The summed E-state index contributed by atoms with van der Waals surface area (Å²) < 4.78 is 0. The van der Waals surface area contributed by atoms with Crippen molar-refractivity contribution in [3.8, 4) is 0 Å². The van der Waals surface area contributed by atoms with Crippen LogP contribution in [-0.2, 0) is 16.1 Å². The van der Waals surface area contributed by atoms with Crippen LogP contribution in [0.4, 0.5) is 0 Å². The minimum atomic E-state index is -0.542. The van der Waals surface area contributed by atoms with Crippen LogP contribution in [0.2, 0.25) is 5.02 Å². The number of amides is 1. The van der Waals surface area contributed by atoms with Crippen molar-refractivity contribution in [3.63, 3.8) is 0 Å². The van der Waals surface area contributed by atoms with E-state index in [1.165, 1.54) is 0 Å². The fourth-order valence-electron chi connectivity index (χ4n) is 4.11. The number of carbonyl (C=O) groups excluding carboxylic acids is 1. The number of oxime groups is 1. The lowest BCUT2D eigenvalue weighted by Gasteiger charge is -2.35. The quantitative estimate of drug-likeness (QED) is 0.807. The molecular formula is C23H25ClN2O3. The first-order chi connectivity index (χ1) is 14.1. The minimum absolute atomic E-state index is 0.0116. The molecule has 0 aliphatic carbocycles. The predicted molar refractivity (Wildman–Crippen MR) is 113 cm³/mol. The Hall–Kier alpha value is -2.37. The van der Waals surface area contributed by atoms with E-state index in [0.717, 1.165) is 29.7 Å². The molecule has 29 heavy (non-hydrogen) atoms. The number of halogens is 1. The highest BCUT2D eigenvalue weighted by Gasteiger charge is 2.35. The summed E-state index contributed by atoms with van der Waals surface area (Å²) in [7, 11) is 0. The Kier molecular flexibility index (Phi) is 6.16. The highest BCUT2D eigenvalue weighted by Crippen LogP contribution is 2.31. The van der Waals surface area contributed by atoms with Crippen LogP contribution in [0, 0.1) is 5.92 Å². The van der Waals surface area contributed by atoms with Gasteiger partial charge in [-0.05, 0) is 42.0 Å². The summed E-state index contributed by atoms with van der Waals surface area (Å²) >= 11 is 6.03. The molecule has 4 rings (SSSR count). The van der Waals surface area contributed by atoms with Gasteiger partial charge in [0, 0.05) is 31.0 Å². The Morgan fingerprint density at radius 2 is 1.93 bits per heavy atom. The Morgan fingerprint density at radius 1 is 1.17 bits per heavy atom. The van der Waals surface area contributed by atoms with Crippen LogP contribution >= 0.6 is 11.6 Å². The molecule has 0 bridgehead atoms. The third-order valence-electron chi connectivity index (χ3n) is 5.74. The number of nitrogens with zero attached hydrogens (tertiary/aromatic N) is 2. The van der Waals surface area contributed by atoms with Crippen LogP contribution < -0.4 is 0 Å². The molecule has 0 saturated carbocycles. The van der Waals surface area contributed by atoms with Gasteiger partial charge < -0.3 is 14.8 Å². The number of piperidine rings is 1. The summed E-state index contributed by atoms with van der Waals surface area (Å²) in [5, 5.41) is 15.4. The van der Waals surface area contributed by atoms with Gasteiger partial charge in [0.2, 0.25) is 6.10 Å². The van der Waals surface area contributed by atoms with E-state index in [0.29, 0.717) is 31.0 Å². The third kappa shape index (κ3) is 4.80. The zero-order valence-electron chi connectivity index (χ0n) is 16.2. The number of carbonyl (C=O) groups is 1. The van der Waals surface area contributed by atoms with Gasteiger partial charge in [0.25, 0.3) is 5.91 Å². The summed E-state index contributed by atoms with van der Waals surface area (Å²) in [6, 6.07) is 17.4. The molecule has 0 radical (unpaired) electrons. The van der Waals surface area contributed by atoms with E-state index in [-0.39, 0.29) is 11.8 Å². The first kappa shape index (κ1) is 19.9. The number of aliphatic hydroxyl groups excluding tert-OH is 1. The molecule has 1 saturated heterocycles. The molecule has 0 spiro atoms. The third-order valence-corrected chi connectivity index (χ3v) is 5.98. The van der Waals surface area contributed by atoms with Gasteiger partial charge >= 0.3 is 0 Å². The van der Waals surface area contributed by atoms with Gasteiger partial charge in [0.15, 0.2) is 0 Å². The Bertz CT molecular complexity index is 879. The Morgan fingerprint density at radius 3 is 2.66 bits per heavy atom. The second kappa shape index (κ2) is 8.97. The lowest BCUT2D eigenvalue weighted by molar-refractivity contribution is -0.144. The predicted octanol–water partition coefficient (Wildman–Crippen LogP) is 4.00. The zero-order chi connectivity index (χ0) is 20.2. The SMILES string of the molecule is O=C([C@H]1CC(Cc2cccc(Cl)c2)=NO1)N1CCC([C@H](O)c2ccccc2)CC1. The number of rotatable bonds is 5. The normalized spacial score (nSPS) is 20.8. The van der Waals surface area contributed by atoms with E-state index in [9.17, 15) is 9.90 Å². The molecule has 0 aromatic heterocycles. The van der Waals surface area contributed by atoms with Crippen molar-refractivity contribution in [3.05, 3.63) is 70.7 Å². The van der Waals surface area contributed by atoms with Crippen molar-refractivity contribution in [2.75, 3.05) is 13.1 Å². The lowest BCUT2D eigenvalue weighted by atomic mass is 9.87. The standard InChI is InChI=1S/C23H25ClN2O3/c24-19-8-4-5-16(13-19)14-20-15-21(29-25-20)23(28)26-11-9-18(10-12-26)22(27)17-6-2-1-3-7-17/h1-8,13,18,21-22,27H,9-12,14-15H2/t21-,22-/m1/s1. The van der Waals surface area contributed by atoms with Gasteiger partial charge in [-0.1, -0.05) is 59.2 Å². The molecule has 2 atom stereocenters. The summed E-state index contributed by atoms with van der Waals surface area (Å²) in [6.45, 7) is 1.27. The van der Waals surface area contributed by atoms with Gasteiger partial charge in [-0.2, -0.15) is 0 Å². The van der Waals surface area contributed by atoms with Gasteiger partial charge in [-0.3, -0.25) is 4.79 Å². The van der Waals surface area contributed by atoms with Crippen LogP contribution in [0.5, 0.6) is 0 Å². The first-order valence-corrected chi connectivity index (χ1v) is 10.5. The molecule has 6 heteroatoms. The zero-order valence-corrected chi connectivity index (χ0v) is 17.0. The number of benzene rings is 2. The van der Waals surface area contributed by atoms with Gasteiger partial charge in [0.1, 0.15) is 0 Å². The van der Waals surface area contributed by atoms with Gasteiger partial charge in [-0.15, -0.1) is 0 Å². The van der Waals surface area contributed by atoms with Crippen molar-refractivity contribution in [2.24, 2.45) is 11.1 Å². The maximum absolute atomic E-state index is 12.8. The average Bonchev–Trinajstić information content (AvgIpc) is 3.22. The summed E-state index contributed by atoms with van der Waals surface area (Å²) in [5.74, 6) is 0.156. The average molecular weight is 413 g/mol. The smallest absolute Gasteiger partial charge is 0.266 e. The van der Waals surface area contributed by atoms with E-state index < -0.39 is 12.2 Å². The molecule has 2 aromatic rings. The highest BCUT2D eigenvalue weighted by atomic mass is 35.5. The fraction of sp³-hybridized carbons (Fsp3) is 0.391. The van der Waals surface area contributed by atoms with Crippen molar-refractivity contribution < 1.29 is 14.7 Å². The van der Waals surface area contributed by atoms with Crippen molar-refractivity contribution in [1.82, 2.24) is 4.90 Å². The minimum Gasteiger partial charge on any atom is -0.388 e. The fourth-order valence-corrected chi connectivity index (χ4v) is 4.32. The van der Waals surface area contributed by atoms with Crippen LogP contribution in [0.25, 0.3) is 0 Å². The van der Waals surface area contributed by atoms with E-state index in [4.69, 9.17) is 16.4 Å². The maximum Gasteiger partial charge on any atom is 0.266 e. The van der Waals surface area contributed by atoms with Gasteiger partial charge in [-0.25, -0.2) is 0 Å². The molecule has 2 aliphatic heterocycles. The maximum atomic E-state index is 12.8. The van der Waals surface area contributed by atoms with Gasteiger partial charge in [0.05, 0.1) is 11.8 Å². The molecular weight excluding hydrogens is 388 g/mol. The first-order valence-electron chi connectivity index (χ1n) is 10.1. The molecule has 1 amide bonds. The summed E-state index contributed by atoms with van der Waals surface area (Å²) in [5.41, 5.74) is 2.86. The number of likely N-dealkylation sites (tertiary alicyclic amines) is 1. The monoisotopic (exact) mass is 412 g/mol. The molecule has 152 valence electrons. The number of hydrogen-bond acceptors (Lipinski definition) is 4. The van der Waals surface area contributed by atoms with E-state index in [2.05, 4.69) is 5.16 Å². The van der Waals surface area contributed by atoms with Crippen molar-refractivity contribution >= 4 is 23.2 Å². The number of aliphatic hydroxyl groups is 1. The number of hydrogen-bond donors (Lipinski definition) is 1. The second-order valence-corrected chi connectivity index (χ2v) is 8.22. The molecule has 1 N–H and O–H groups in total. The molecule has 2 aromatic carbocycles. The Labute approximate surface area is 175 Å². The van der Waals surface area contributed by atoms with Crippen LogP contribution in [0.15, 0.2) is 59.8 Å². The largest absolute Gasteiger partial charge is 0.388 e. The molecule has 2 aliphatic rings. The molecule has 5 nitrogen and oxygen atoms in total. The van der Waals surface area contributed by atoms with Crippen LogP contribution in [0.3, 0.4) is 0 Å². The lowest BCUT2D eigenvalue weighted by Crippen LogP contribution is -2.44. The van der Waals surface area contributed by atoms with Crippen molar-refractivity contribution in [1.29, 1.82) is 0 Å². The van der Waals surface area contributed by atoms with E-state index >= 15 is 0 Å². The van der Waals surface area contributed by atoms with Crippen LogP contribution in [-0.4, -0.2) is 40.8 Å². The topological polar surface area (TPSA) is 62.1 Å². The van der Waals surface area contributed by atoms with Crippen molar-refractivity contribution in [2.45, 2.75) is 37.9 Å². The summed E-state index contributed by atoms with van der Waals surface area (Å²) in [4.78, 5) is 20.1. The van der Waals surface area contributed by atoms with E-state index in [1.54, 1.807) is 0 Å². The second-order valence-electron chi connectivity index (χ2n) is 7.78. The molecule has 0 unspecified atom stereocenters. The van der Waals surface area contributed by atoms with E-state index in [1.807, 2.05) is 59.5 Å². The van der Waals surface area contributed by atoms with Crippen LogP contribution in [0.1, 0.15) is 36.5 Å². The molecule has 2 heterocycles. The summed E-state index contributed by atoms with van der Waals surface area (Å²) in [6.07, 6.45) is 1.69.